The number of aromatic carboxylic acids is 1. The number of carbonyl (C=O) groups is 2. The molecule has 1 aliphatic carbocycles. The van der Waals surface area contributed by atoms with E-state index in [-0.39, 0.29) is 23.3 Å². The summed E-state index contributed by atoms with van der Waals surface area (Å²) in [7, 11) is 0. The number of halogens is 1. The standard InChI is InChI=1S/C19H18FNO3/c20-16-8-5-12(6-9-16)15-7-10-17(11-15)21-18(22)13-1-3-14(4-2-13)19(23)24/h1-6,8-9,15,17H,7,10-11H2,(H,21,22)(H,23,24). The molecule has 0 bridgehead atoms. The molecule has 1 saturated carbocycles. The van der Waals surface area contributed by atoms with E-state index in [9.17, 15) is 14.0 Å². The van der Waals surface area contributed by atoms with Gasteiger partial charge in [-0.1, -0.05) is 12.1 Å². The summed E-state index contributed by atoms with van der Waals surface area (Å²) in [6.07, 6.45) is 2.65. The molecule has 4 nitrogen and oxygen atoms in total. The Labute approximate surface area is 139 Å². The van der Waals surface area contributed by atoms with Gasteiger partial charge in [0.1, 0.15) is 5.82 Å². The van der Waals surface area contributed by atoms with Crippen LogP contribution in [0.1, 0.15) is 51.5 Å². The fourth-order valence-electron chi connectivity index (χ4n) is 3.18. The maximum Gasteiger partial charge on any atom is 0.335 e. The average molecular weight is 327 g/mol. The number of rotatable bonds is 4. The first kappa shape index (κ1) is 16.2. The van der Waals surface area contributed by atoms with Gasteiger partial charge in [0.25, 0.3) is 5.91 Å². The first-order valence-electron chi connectivity index (χ1n) is 7.92. The summed E-state index contributed by atoms with van der Waals surface area (Å²) in [4.78, 5) is 23.1. The van der Waals surface area contributed by atoms with E-state index >= 15 is 0 Å². The second kappa shape index (κ2) is 6.83. The number of carboxylic acid groups (broad SMARTS) is 1. The van der Waals surface area contributed by atoms with E-state index in [1.807, 2.05) is 0 Å². The van der Waals surface area contributed by atoms with Gasteiger partial charge in [0.05, 0.1) is 5.56 Å². The van der Waals surface area contributed by atoms with Gasteiger partial charge in [0.2, 0.25) is 0 Å². The number of hydrogen-bond acceptors (Lipinski definition) is 2. The van der Waals surface area contributed by atoms with Crippen LogP contribution in [-0.2, 0) is 0 Å². The second-order valence-electron chi connectivity index (χ2n) is 6.11. The third-order valence-electron chi connectivity index (χ3n) is 4.50. The van der Waals surface area contributed by atoms with Gasteiger partial charge >= 0.3 is 5.97 Å². The van der Waals surface area contributed by atoms with Crippen molar-refractivity contribution in [2.75, 3.05) is 0 Å². The predicted octanol–water partition coefficient (Wildman–Crippen LogP) is 3.59. The minimum absolute atomic E-state index is 0.0757. The Kier molecular flexibility index (Phi) is 4.60. The molecule has 2 unspecified atom stereocenters. The quantitative estimate of drug-likeness (QED) is 0.902. The number of carbonyl (C=O) groups excluding carboxylic acids is 1. The average Bonchev–Trinajstić information content (AvgIpc) is 3.04. The van der Waals surface area contributed by atoms with Gasteiger partial charge in [-0.05, 0) is 67.1 Å². The summed E-state index contributed by atoms with van der Waals surface area (Å²) in [6, 6.07) is 12.5. The molecule has 0 heterocycles. The predicted molar refractivity (Wildman–Crippen MR) is 87.6 cm³/mol. The van der Waals surface area contributed by atoms with Crippen LogP contribution in [0, 0.1) is 5.82 Å². The smallest absolute Gasteiger partial charge is 0.335 e. The van der Waals surface area contributed by atoms with Gasteiger partial charge in [-0.25, -0.2) is 9.18 Å². The zero-order valence-electron chi connectivity index (χ0n) is 13.0. The van der Waals surface area contributed by atoms with Crippen molar-refractivity contribution in [3.63, 3.8) is 0 Å². The number of amides is 1. The lowest BCUT2D eigenvalue weighted by molar-refractivity contribution is 0.0696. The minimum atomic E-state index is -1.01. The molecule has 0 spiro atoms. The summed E-state index contributed by atoms with van der Waals surface area (Å²) < 4.78 is 13.0. The van der Waals surface area contributed by atoms with E-state index in [4.69, 9.17) is 5.11 Å². The van der Waals surface area contributed by atoms with Gasteiger partial charge < -0.3 is 10.4 Å². The molecule has 2 atom stereocenters. The van der Waals surface area contributed by atoms with Gasteiger partial charge in [0, 0.05) is 11.6 Å². The minimum Gasteiger partial charge on any atom is -0.478 e. The van der Waals surface area contributed by atoms with Crippen molar-refractivity contribution in [2.24, 2.45) is 0 Å². The van der Waals surface area contributed by atoms with Crippen LogP contribution in [0.25, 0.3) is 0 Å². The summed E-state index contributed by atoms with van der Waals surface area (Å²) >= 11 is 0. The molecule has 1 aliphatic rings. The van der Waals surface area contributed by atoms with Crippen molar-refractivity contribution in [1.29, 1.82) is 0 Å². The Bertz CT molecular complexity index is 740. The maximum absolute atomic E-state index is 13.0. The fourth-order valence-corrected chi connectivity index (χ4v) is 3.18. The van der Waals surface area contributed by atoms with Crippen LogP contribution < -0.4 is 5.32 Å². The summed E-state index contributed by atoms with van der Waals surface area (Å²) in [5.41, 5.74) is 1.70. The zero-order chi connectivity index (χ0) is 17.1. The van der Waals surface area contributed by atoms with Crippen molar-refractivity contribution in [1.82, 2.24) is 5.32 Å². The monoisotopic (exact) mass is 327 g/mol. The molecule has 1 fully saturated rings. The lowest BCUT2D eigenvalue weighted by atomic mass is 9.97. The second-order valence-corrected chi connectivity index (χ2v) is 6.11. The molecule has 0 aromatic heterocycles. The Hall–Kier alpha value is -2.69. The summed E-state index contributed by atoms with van der Waals surface area (Å²) in [5, 5.41) is 11.9. The largest absolute Gasteiger partial charge is 0.478 e. The molecule has 0 saturated heterocycles. The fraction of sp³-hybridized carbons (Fsp3) is 0.263. The number of hydrogen-bond donors (Lipinski definition) is 2. The van der Waals surface area contributed by atoms with Crippen LogP contribution in [0.2, 0.25) is 0 Å². The Morgan fingerprint density at radius 1 is 0.958 bits per heavy atom. The van der Waals surface area contributed by atoms with E-state index in [2.05, 4.69) is 5.32 Å². The van der Waals surface area contributed by atoms with Gasteiger partial charge in [-0.2, -0.15) is 0 Å². The van der Waals surface area contributed by atoms with Crippen molar-refractivity contribution in [3.8, 4) is 0 Å². The number of carboxylic acids is 1. The highest BCUT2D eigenvalue weighted by molar-refractivity contribution is 5.96. The van der Waals surface area contributed by atoms with Crippen molar-refractivity contribution >= 4 is 11.9 Å². The normalized spacial score (nSPS) is 19.9. The molecule has 2 aromatic rings. The molecule has 0 aliphatic heterocycles. The van der Waals surface area contributed by atoms with Crippen molar-refractivity contribution < 1.29 is 19.1 Å². The molecule has 24 heavy (non-hydrogen) atoms. The SMILES string of the molecule is O=C(O)c1ccc(C(=O)NC2CCC(c3ccc(F)cc3)C2)cc1. The maximum atomic E-state index is 13.0. The molecule has 2 aromatic carbocycles. The summed E-state index contributed by atoms with van der Waals surface area (Å²) in [6.45, 7) is 0. The molecule has 0 radical (unpaired) electrons. The Balaban J connectivity index is 1.59. The molecular weight excluding hydrogens is 309 g/mol. The number of nitrogens with one attached hydrogen (secondary N) is 1. The van der Waals surface area contributed by atoms with E-state index < -0.39 is 5.97 Å². The molecule has 2 N–H and O–H groups in total. The first-order valence-corrected chi connectivity index (χ1v) is 7.92. The number of benzene rings is 2. The van der Waals surface area contributed by atoms with Crippen LogP contribution in [-0.4, -0.2) is 23.0 Å². The van der Waals surface area contributed by atoms with Crippen LogP contribution in [0.15, 0.2) is 48.5 Å². The Morgan fingerprint density at radius 3 is 2.21 bits per heavy atom. The van der Waals surface area contributed by atoms with Gasteiger partial charge in [-0.3, -0.25) is 4.79 Å². The molecule has 1 amide bonds. The van der Waals surface area contributed by atoms with Crippen LogP contribution >= 0.6 is 0 Å². The molecule has 5 heteroatoms. The Morgan fingerprint density at radius 2 is 1.58 bits per heavy atom. The van der Waals surface area contributed by atoms with Crippen molar-refractivity contribution in [2.45, 2.75) is 31.2 Å². The highest BCUT2D eigenvalue weighted by atomic mass is 19.1. The third kappa shape index (κ3) is 3.62. The van der Waals surface area contributed by atoms with Crippen LogP contribution in [0.3, 0.4) is 0 Å². The third-order valence-corrected chi connectivity index (χ3v) is 4.50. The molecular formula is C19H18FNO3. The highest BCUT2D eigenvalue weighted by Gasteiger charge is 2.27. The van der Waals surface area contributed by atoms with Crippen molar-refractivity contribution in [3.05, 3.63) is 71.0 Å². The van der Waals surface area contributed by atoms with E-state index in [1.54, 1.807) is 12.1 Å². The first-order chi connectivity index (χ1) is 11.5. The van der Waals surface area contributed by atoms with E-state index in [0.29, 0.717) is 11.5 Å². The van der Waals surface area contributed by atoms with Gasteiger partial charge in [-0.15, -0.1) is 0 Å². The topological polar surface area (TPSA) is 66.4 Å². The summed E-state index contributed by atoms with van der Waals surface area (Å²) in [5.74, 6) is -1.13. The van der Waals surface area contributed by atoms with Gasteiger partial charge in [0.15, 0.2) is 0 Å². The lowest BCUT2D eigenvalue weighted by Crippen LogP contribution is -2.32. The zero-order valence-corrected chi connectivity index (χ0v) is 13.0. The molecule has 124 valence electrons. The van der Waals surface area contributed by atoms with Crippen LogP contribution in [0.5, 0.6) is 0 Å². The highest BCUT2D eigenvalue weighted by Crippen LogP contribution is 2.34. The molecule has 3 rings (SSSR count). The lowest BCUT2D eigenvalue weighted by Gasteiger charge is -2.14. The van der Waals surface area contributed by atoms with E-state index in [1.165, 1.54) is 36.4 Å². The van der Waals surface area contributed by atoms with Crippen LogP contribution in [0.4, 0.5) is 4.39 Å². The van der Waals surface area contributed by atoms with E-state index in [0.717, 1.165) is 24.8 Å².